The summed E-state index contributed by atoms with van der Waals surface area (Å²) >= 11 is 0. The molecule has 6 heteroatoms. The highest BCUT2D eigenvalue weighted by Gasteiger charge is 2.61. The summed E-state index contributed by atoms with van der Waals surface area (Å²) in [5.74, 6) is 2.19. The number of nitrogens with zero attached hydrogens (tertiary/aromatic N) is 2. The summed E-state index contributed by atoms with van der Waals surface area (Å²) in [6, 6.07) is 0.0962. The minimum absolute atomic E-state index is 0.0449. The Morgan fingerprint density at radius 1 is 1.07 bits per heavy atom. The molecule has 0 radical (unpaired) electrons. The van der Waals surface area contributed by atoms with Gasteiger partial charge in [0.05, 0.1) is 11.4 Å². The molecule has 3 N–H and O–H groups in total. The Labute approximate surface area is 179 Å². The second-order valence-corrected chi connectivity index (χ2v) is 11.2. The van der Waals surface area contributed by atoms with Gasteiger partial charge in [0.2, 0.25) is 0 Å². The van der Waals surface area contributed by atoms with Crippen LogP contribution < -0.4 is 5.73 Å². The van der Waals surface area contributed by atoms with Crippen molar-refractivity contribution < 1.29 is 14.8 Å². The molecule has 0 saturated heterocycles. The van der Waals surface area contributed by atoms with E-state index in [0.717, 1.165) is 82.1 Å². The quantitative estimate of drug-likeness (QED) is 0.519. The van der Waals surface area contributed by atoms with E-state index in [4.69, 9.17) is 10.6 Å². The van der Waals surface area contributed by atoms with E-state index in [1.165, 1.54) is 0 Å². The molecule has 0 amide bonds. The third-order valence-corrected chi connectivity index (χ3v) is 9.98. The van der Waals surface area contributed by atoms with Gasteiger partial charge in [-0.25, -0.2) is 0 Å². The third kappa shape index (κ3) is 2.96. The summed E-state index contributed by atoms with van der Waals surface area (Å²) in [4.78, 5) is 18.5. The molecule has 0 aliphatic heterocycles. The van der Waals surface area contributed by atoms with E-state index in [1.807, 2.05) is 0 Å². The maximum atomic E-state index is 12.6. The van der Waals surface area contributed by atoms with Crippen LogP contribution >= 0.6 is 0 Å². The van der Waals surface area contributed by atoms with Crippen LogP contribution in [0.15, 0.2) is 10.3 Å². The summed E-state index contributed by atoms with van der Waals surface area (Å²) < 4.78 is 0. The Kier molecular flexibility index (Phi) is 4.99. The normalized spacial score (nSPS) is 51.0. The smallest absolute Gasteiger partial charge is 0.142 e. The molecule has 5 aliphatic carbocycles. The molecular formula is C24H37N3O3. The Balaban J connectivity index is 1.37. The lowest BCUT2D eigenvalue weighted by Crippen LogP contribution is -2.56. The largest absolute Gasteiger partial charge is 0.411 e. The van der Waals surface area contributed by atoms with E-state index in [2.05, 4.69) is 24.2 Å². The Morgan fingerprint density at radius 2 is 1.90 bits per heavy atom. The fourth-order valence-corrected chi connectivity index (χ4v) is 8.07. The molecule has 5 aliphatic rings. The van der Waals surface area contributed by atoms with Gasteiger partial charge in [-0.2, -0.15) is 0 Å². The molecule has 166 valence electrons. The highest BCUT2D eigenvalue weighted by molar-refractivity contribution is 5.96. The maximum absolute atomic E-state index is 12.6. The SMILES string of the molecule is C[C@]12CC/C(=N\OC3CCCC3N)CC1/C(=N/O)C[C@@H]1[C@@H]2CC[C@]2(C)C(=O)CC[C@@H]12. The van der Waals surface area contributed by atoms with Crippen molar-refractivity contribution in [3.8, 4) is 0 Å². The van der Waals surface area contributed by atoms with Crippen LogP contribution in [0.3, 0.4) is 0 Å². The van der Waals surface area contributed by atoms with Gasteiger partial charge < -0.3 is 15.8 Å². The minimum Gasteiger partial charge on any atom is -0.411 e. The monoisotopic (exact) mass is 415 g/mol. The highest BCUT2D eigenvalue weighted by Crippen LogP contribution is 2.64. The second-order valence-electron chi connectivity index (χ2n) is 11.2. The Bertz CT molecular complexity index is 780. The van der Waals surface area contributed by atoms with Crippen molar-refractivity contribution in [2.75, 3.05) is 0 Å². The molecule has 0 aromatic carbocycles. The van der Waals surface area contributed by atoms with Gasteiger partial charge in [0.15, 0.2) is 0 Å². The van der Waals surface area contributed by atoms with Gasteiger partial charge in [-0.15, -0.1) is 0 Å². The Morgan fingerprint density at radius 3 is 2.63 bits per heavy atom. The molecule has 0 aromatic heterocycles. The van der Waals surface area contributed by atoms with Crippen molar-refractivity contribution in [1.82, 2.24) is 0 Å². The molecule has 0 spiro atoms. The second kappa shape index (κ2) is 7.32. The van der Waals surface area contributed by atoms with E-state index >= 15 is 0 Å². The van der Waals surface area contributed by atoms with Gasteiger partial charge in [-0.05, 0) is 87.4 Å². The first-order valence-corrected chi connectivity index (χ1v) is 12.1. The predicted molar refractivity (Wildman–Crippen MR) is 115 cm³/mol. The van der Waals surface area contributed by atoms with Gasteiger partial charge in [-0.1, -0.05) is 24.2 Å². The van der Waals surface area contributed by atoms with Gasteiger partial charge in [0.1, 0.15) is 11.9 Å². The predicted octanol–water partition coefficient (Wildman–Crippen LogP) is 4.29. The fourth-order valence-electron chi connectivity index (χ4n) is 8.07. The topological polar surface area (TPSA) is 97.3 Å². The zero-order chi connectivity index (χ0) is 21.1. The lowest BCUT2D eigenvalue weighted by atomic mass is 9.45. The molecule has 6 nitrogen and oxygen atoms in total. The zero-order valence-corrected chi connectivity index (χ0v) is 18.5. The first-order chi connectivity index (χ1) is 14.4. The number of carbonyl (C=O) groups is 1. The first kappa shape index (κ1) is 20.5. The lowest BCUT2D eigenvalue weighted by molar-refractivity contribution is -0.133. The molecule has 0 aromatic rings. The minimum atomic E-state index is -0.153. The molecule has 30 heavy (non-hydrogen) atoms. The number of hydrogen-bond donors (Lipinski definition) is 2. The number of oxime groups is 2. The van der Waals surface area contributed by atoms with Crippen LogP contribution in [0, 0.1) is 34.5 Å². The zero-order valence-electron chi connectivity index (χ0n) is 18.5. The maximum Gasteiger partial charge on any atom is 0.142 e. The summed E-state index contributed by atoms with van der Waals surface area (Å²) in [7, 11) is 0. The lowest BCUT2D eigenvalue weighted by Gasteiger charge is -2.59. The summed E-state index contributed by atoms with van der Waals surface area (Å²) in [5.41, 5.74) is 8.10. The molecule has 0 bridgehead atoms. The number of hydrogen-bond acceptors (Lipinski definition) is 6. The van der Waals surface area contributed by atoms with E-state index in [1.54, 1.807) is 0 Å². The van der Waals surface area contributed by atoms with Crippen molar-refractivity contribution in [3.63, 3.8) is 0 Å². The molecule has 3 unspecified atom stereocenters. The number of Topliss-reactive ketones (excluding diaryl/α,β-unsaturated/α-hetero) is 1. The van der Waals surface area contributed by atoms with Gasteiger partial charge >= 0.3 is 0 Å². The average molecular weight is 416 g/mol. The highest BCUT2D eigenvalue weighted by atomic mass is 16.6. The number of rotatable bonds is 2. The van der Waals surface area contributed by atoms with Crippen LogP contribution in [0.4, 0.5) is 0 Å². The molecule has 0 heterocycles. The number of fused-ring (bicyclic) bond motifs is 5. The molecule has 5 rings (SSSR count). The van der Waals surface area contributed by atoms with E-state index in [9.17, 15) is 10.0 Å². The number of carbonyl (C=O) groups excluding carboxylic acids is 1. The number of ketones is 1. The summed E-state index contributed by atoms with van der Waals surface area (Å²) in [6.07, 6.45) is 10.7. The van der Waals surface area contributed by atoms with Crippen LogP contribution in [0.1, 0.15) is 84.5 Å². The van der Waals surface area contributed by atoms with Crippen molar-refractivity contribution >= 4 is 17.2 Å². The van der Waals surface area contributed by atoms with Crippen LogP contribution in [0.2, 0.25) is 0 Å². The van der Waals surface area contributed by atoms with Crippen LogP contribution in [-0.2, 0) is 9.63 Å². The van der Waals surface area contributed by atoms with Crippen LogP contribution in [0.5, 0.6) is 0 Å². The average Bonchev–Trinajstić information content (AvgIpc) is 3.28. The van der Waals surface area contributed by atoms with Crippen LogP contribution in [-0.4, -0.2) is 34.6 Å². The molecule has 8 atom stereocenters. The first-order valence-electron chi connectivity index (χ1n) is 12.1. The molecular weight excluding hydrogens is 378 g/mol. The Hall–Kier alpha value is -1.43. The van der Waals surface area contributed by atoms with Gasteiger partial charge in [0, 0.05) is 23.8 Å². The van der Waals surface area contributed by atoms with Crippen LogP contribution in [0.25, 0.3) is 0 Å². The third-order valence-electron chi connectivity index (χ3n) is 9.98. The van der Waals surface area contributed by atoms with E-state index in [0.29, 0.717) is 23.5 Å². The van der Waals surface area contributed by atoms with Crippen molar-refractivity contribution in [2.24, 2.45) is 50.5 Å². The van der Waals surface area contributed by atoms with E-state index in [-0.39, 0.29) is 28.9 Å². The van der Waals surface area contributed by atoms with E-state index < -0.39 is 0 Å². The fraction of sp³-hybridized carbons (Fsp3) is 0.875. The summed E-state index contributed by atoms with van der Waals surface area (Å²) in [6.45, 7) is 4.60. The molecule has 5 saturated carbocycles. The van der Waals surface area contributed by atoms with Crippen molar-refractivity contribution in [3.05, 3.63) is 0 Å². The van der Waals surface area contributed by atoms with Crippen molar-refractivity contribution in [2.45, 2.75) is 96.6 Å². The molecule has 5 fully saturated rings. The van der Waals surface area contributed by atoms with Gasteiger partial charge in [0.25, 0.3) is 0 Å². The standard InChI is InChI=1S/C24H37N3O3/c1-23-10-8-14(27-30-21-5-3-4-19(21)25)12-18(23)20(26-29)13-15-16-6-7-22(28)24(16,2)11-9-17(15)23/h15-19,21,29H,3-13,25H2,1-2H3/b26-20+,27-14+/t15-,16-,17-,18?,19?,21?,23+,24-/m0/s1. The number of nitrogens with two attached hydrogens (primary N) is 1. The summed E-state index contributed by atoms with van der Waals surface area (Å²) in [5, 5.41) is 18.3. The van der Waals surface area contributed by atoms with Crippen molar-refractivity contribution in [1.29, 1.82) is 0 Å². The van der Waals surface area contributed by atoms with Gasteiger partial charge in [-0.3, -0.25) is 4.79 Å².